The second kappa shape index (κ2) is 9.32. The van der Waals surface area contributed by atoms with Crippen LogP contribution >= 0.6 is 22.2 Å². The highest BCUT2D eigenvalue weighted by Gasteiger charge is 2.29. The van der Waals surface area contributed by atoms with E-state index in [0.717, 1.165) is 25.9 Å². The van der Waals surface area contributed by atoms with Crippen molar-refractivity contribution in [2.45, 2.75) is 30.8 Å². The van der Waals surface area contributed by atoms with Crippen LogP contribution in [0.25, 0.3) is 10.2 Å². The number of aromatic nitrogens is 1. The monoisotopic (exact) mass is 478 g/mol. The third-order valence-electron chi connectivity index (χ3n) is 4.76. The number of thiol groups is 1. The summed E-state index contributed by atoms with van der Waals surface area (Å²) in [6.07, 6.45) is -5.12. The van der Waals surface area contributed by atoms with Crippen molar-refractivity contribution in [1.29, 1.82) is 0 Å². The fourth-order valence-electron chi connectivity index (χ4n) is 3.29. The summed E-state index contributed by atoms with van der Waals surface area (Å²) in [4.78, 5) is 25.5. The van der Waals surface area contributed by atoms with Gasteiger partial charge in [0.1, 0.15) is 0 Å². The number of hydrogen-bond acceptors (Lipinski definition) is 5. The molecular formula is C21H19F3N5OS2+. The van der Waals surface area contributed by atoms with Crippen LogP contribution in [0.3, 0.4) is 0 Å². The quantitative estimate of drug-likeness (QED) is 0.271. The average Bonchev–Trinajstić information content (AvgIpc) is 3.37. The Hall–Kier alpha value is -2.88. The Bertz CT molecular complexity index is 1240. The average molecular weight is 479 g/mol. The molecule has 0 bridgehead atoms. The Kier molecular flexibility index (Phi) is 6.50. The molecule has 0 N–H and O–H groups in total. The zero-order valence-corrected chi connectivity index (χ0v) is 18.7. The molecule has 1 amide bonds. The summed E-state index contributed by atoms with van der Waals surface area (Å²) < 4.78 is 38.7. The number of halogens is 3. The molecule has 1 aromatic heterocycles. The van der Waals surface area contributed by atoms with Gasteiger partial charge in [0.15, 0.2) is 10.8 Å². The van der Waals surface area contributed by atoms with Crippen LogP contribution in [-0.4, -0.2) is 34.4 Å². The number of alkyl halides is 3. The second-order valence-electron chi connectivity index (χ2n) is 7.09. The van der Waals surface area contributed by atoms with Gasteiger partial charge in [-0.25, -0.2) is 4.98 Å². The van der Waals surface area contributed by atoms with Gasteiger partial charge < -0.3 is 0 Å². The van der Waals surface area contributed by atoms with Crippen LogP contribution in [0.5, 0.6) is 0 Å². The third-order valence-corrected chi connectivity index (χ3v) is 8.27. The maximum Gasteiger partial charge on any atom is 0.389 e. The van der Waals surface area contributed by atoms with Crippen molar-refractivity contribution >= 4 is 49.1 Å². The summed E-state index contributed by atoms with van der Waals surface area (Å²) in [6, 6.07) is 12.2. The van der Waals surface area contributed by atoms with Gasteiger partial charge in [0.25, 0.3) is 0 Å². The lowest BCUT2D eigenvalue weighted by Crippen LogP contribution is -2.10. The molecule has 1 atom stereocenters. The first kappa shape index (κ1) is 22.3. The van der Waals surface area contributed by atoms with Gasteiger partial charge in [-0.2, -0.15) is 24.1 Å². The minimum Gasteiger partial charge on any atom is -0.284 e. The zero-order valence-electron chi connectivity index (χ0n) is 17.0. The first-order valence-electron chi connectivity index (χ1n) is 9.79. The standard InChI is InChI=1S/C21H19F3N5OS2/c1-13-26-17-12-15(4-7-18(17)31-13)27-29-28-20(30)14-2-5-16(6-3-14)32-11-10-25-19(32)8-9-21(22,23)24/h2-7,12,32H,8-11H2,1H3/q+1. The number of amides is 1. The molecule has 2 heterocycles. The minimum absolute atomic E-state index is 0.0716. The lowest BCUT2D eigenvalue weighted by atomic mass is 10.2. The number of rotatable bonds is 5. The number of benzene rings is 2. The predicted molar refractivity (Wildman–Crippen MR) is 121 cm³/mol. The van der Waals surface area contributed by atoms with Crippen molar-refractivity contribution in [2.24, 2.45) is 15.2 Å². The van der Waals surface area contributed by atoms with Crippen molar-refractivity contribution in [1.82, 2.24) is 9.90 Å². The lowest BCUT2D eigenvalue weighted by molar-refractivity contribution is -0.132. The van der Waals surface area contributed by atoms with Crippen molar-refractivity contribution in [2.75, 3.05) is 12.3 Å². The summed E-state index contributed by atoms with van der Waals surface area (Å²) in [5, 5.41) is 9.17. The minimum atomic E-state index is -4.19. The normalized spacial score (nSPS) is 17.1. The molecule has 2 aromatic carbocycles. The van der Waals surface area contributed by atoms with Crippen LogP contribution in [0.1, 0.15) is 28.2 Å². The summed E-state index contributed by atoms with van der Waals surface area (Å²) in [5.74, 6) is 0.188. The Morgan fingerprint density at radius 3 is 2.75 bits per heavy atom. The summed E-state index contributed by atoms with van der Waals surface area (Å²) in [7, 11) is -0.882. The summed E-state index contributed by atoms with van der Waals surface area (Å²) in [6.45, 7) is 2.47. The molecule has 3 aromatic rings. The number of fused-ring (bicyclic) bond motifs is 1. The molecule has 0 saturated carbocycles. The predicted octanol–water partition coefficient (Wildman–Crippen LogP) is 6.16. The number of carbonyl (C=O) groups excluding carboxylic acids is 1. The second-order valence-corrected chi connectivity index (χ2v) is 10.7. The first-order chi connectivity index (χ1) is 15.3. The van der Waals surface area contributed by atoms with Crippen molar-refractivity contribution < 1.29 is 18.0 Å². The number of carbonyl (C=O) groups is 1. The number of hydrogen-bond donors (Lipinski definition) is 1. The molecule has 6 nitrogen and oxygen atoms in total. The molecule has 0 spiro atoms. The van der Waals surface area contributed by atoms with E-state index >= 15 is 0 Å². The molecule has 1 aliphatic rings. The van der Waals surface area contributed by atoms with Gasteiger partial charge >= 0.3 is 12.1 Å². The molecular weight excluding hydrogens is 459 g/mol. The topological polar surface area (TPSA) is 81.1 Å². The highest BCUT2D eigenvalue weighted by molar-refractivity contribution is 8.30. The molecule has 4 rings (SSSR count). The van der Waals surface area contributed by atoms with E-state index in [2.05, 4.69) is 25.1 Å². The fourth-order valence-corrected chi connectivity index (χ4v) is 6.37. The van der Waals surface area contributed by atoms with Crippen LogP contribution in [-0.2, 0) is 0 Å². The highest BCUT2D eigenvalue weighted by Crippen LogP contribution is 2.43. The van der Waals surface area contributed by atoms with Crippen LogP contribution in [0.15, 0.2) is 62.6 Å². The Morgan fingerprint density at radius 2 is 2.00 bits per heavy atom. The first-order valence-corrected chi connectivity index (χ1v) is 12.1. The van der Waals surface area contributed by atoms with Crippen molar-refractivity contribution in [3.05, 3.63) is 53.0 Å². The van der Waals surface area contributed by atoms with E-state index < -0.39 is 29.4 Å². The molecule has 1 unspecified atom stereocenters. The van der Waals surface area contributed by atoms with Gasteiger partial charge in [-0.1, -0.05) is 0 Å². The fraction of sp³-hybridized carbons (Fsp3) is 0.286. The van der Waals surface area contributed by atoms with E-state index in [1.807, 2.05) is 13.0 Å². The molecule has 32 heavy (non-hydrogen) atoms. The van der Waals surface area contributed by atoms with Gasteiger partial charge in [0.05, 0.1) is 20.3 Å². The molecule has 0 radical (unpaired) electrons. The largest absolute Gasteiger partial charge is 0.389 e. The summed E-state index contributed by atoms with van der Waals surface area (Å²) >= 11 is 1.58. The zero-order chi connectivity index (χ0) is 22.7. The van der Waals surface area contributed by atoms with Crippen molar-refractivity contribution in [3.63, 3.8) is 0 Å². The Morgan fingerprint density at radius 1 is 1.22 bits per heavy atom. The summed E-state index contributed by atoms with van der Waals surface area (Å²) in [5.41, 5.74) is 1.70. The molecule has 0 aliphatic carbocycles. The van der Waals surface area contributed by atoms with E-state index in [1.54, 1.807) is 47.7 Å². The maximum absolute atomic E-state index is 12.5. The Labute approximate surface area is 188 Å². The van der Waals surface area contributed by atoms with Crippen LogP contribution in [0.4, 0.5) is 18.9 Å². The number of thiazole rings is 1. The van der Waals surface area contributed by atoms with E-state index in [1.165, 1.54) is 0 Å². The SMILES string of the molecule is Cc1nc2cc(N=[N+]=NC(=O)c3ccc([SH]4CCN=C4CCC(F)(F)F)cc3)ccc2s1. The van der Waals surface area contributed by atoms with E-state index in [0.29, 0.717) is 22.8 Å². The van der Waals surface area contributed by atoms with E-state index in [4.69, 9.17) is 0 Å². The maximum atomic E-state index is 12.5. The number of aryl methyl sites for hydroxylation is 1. The van der Waals surface area contributed by atoms with E-state index in [9.17, 15) is 18.0 Å². The van der Waals surface area contributed by atoms with Gasteiger partial charge in [-0.05, 0) is 54.3 Å². The van der Waals surface area contributed by atoms with Crippen LogP contribution in [0.2, 0.25) is 0 Å². The van der Waals surface area contributed by atoms with Gasteiger partial charge in [-0.15, -0.1) is 11.3 Å². The third kappa shape index (κ3) is 5.48. The van der Waals surface area contributed by atoms with Gasteiger partial charge in [-0.3, -0.25) is 9.79 Å². The van der Waals surface area contributed by atoms with E-state index in [-0.39, 0.29) is 6.42 Å². The van der Waals surface area contributed by atoms with Crippen LogP contribution in [0, 0.1) is 6.92 Å². The smallest absolute Gasteiger partial charge is 0.284 e. The molecule has 166 valence electrons. The molecule has 0 saturated heterocycles. The Balaban J connectivity index is 1.42. The number of aliphatic imine (C=N–C) groups is 1. The van der Waals surface area contributed by atoms with Gasteiger partial charge in [0, 0.05) is 30.7 Å². The van der Waals surface area contributed by atoms with Gasteiger partial charge in [0.2, 0.25) is 10.0 Å². The molecule has 1 aliphatic heterocycles. The molecule has 11 heteroatoms. The highest BCUT2D eigenvalue weighted by atomic mass is 32.2. The lowest BCUT2D eigenvalue weighted by Gasteiger charge is -2.18. The molecule has 0 fully saturated rings. The van der Waals surface area contributed by atoms with Crippen molar-refractivity contribution in [3.8, 4) is 0 Å². The number of nitrogens with zero attached hydrogens (tertiary/aromatic N) is 5. The van der Waals surface area contributed by atoms with Crippen LogP contribution < -0.4 is 4.91 Å².